The lowest BCUT2D eigenvalue weighted by Gasteiger charge is -2.59. The molecular weight excluding hydrogens is 308 g/mol. The lowest BCUT2D eigenvalue weighted by Crippen LogP contribution is -2.52. The van der Waals surface area contributed by atoms with E-state index in [-0.39, 0.29) is 16.7 Å². The first-order valence-electron chi connectivity index (χ1n) is 10.4. The van der Waals surface area contributed by atoms with Crippen molar-refractivity contribution in [1.82, 2.24) is 0 Å². The summed E-state index contributed by atoms with van der Waals surface area (Å²) in [7, 11) is 0. The van der Waals surface area contributed by atoms with Gasteiger partial charge in [-0.25, -0.2) is 0 Å². The molecule has 4 aliphatic rings. The Labute approximate surface area is 152 Å². The molecule has 0 aromatic rings. The van der Waals surface area contributed by atoms with Gasteiger partial charge < -0.3 is 0 Å². The summed E-state index contributed by atoms with van der Waals surface area (Å²) < 4.78 is 0. The zero-order valence-corrected chi connectivity index (χ0v) is 16.6. The van der Waals surface area contributed by atoms with Crippen LogP contribution in [0.3, 0.4) is 0 Å². The number of hydrogen-bond donors (Lipinski definition) is 0. The molecule has 4 aliphatic carbocycles. The molecule has 0 aromatic heterocycles. The van der Waals surface area contributed by atoms with Crippen LogP contribution in [0.25, 0.3) is 0 Å². The van der Waals surface area contributed by atoms with Gasteiger partial charge >= 0.3 is 0 Å². The van der Waals surface area contributed by atoms with Crippen LogP contribution in [0.1, 0.15) is 73.1 Å². The Kier molecular flexibility index (Phi) is 3.87. The van der Waals surface area contributed by atoms with Crippen molar-refractivity contribution in [2.75, 3.05) is 0 Å². The summed E-state index contributed by atoms with van der Waals surface area (Å²) >= 11 is 0. The van der Waals surface area contributed by atoms with Gasteiger partial charge in [0.25, 0.3) is 0 Å². The summed E-state index contributed by atoms with van der Waals surface area (Å²) in [6.07, 6.45) is 8.65. The lowest BCUT2D eigenvalue weighted by molar-refractivity contribution is -0.130. The minimum Gasteiger partial charge on any atom is -0.300 e. The molecule has 25 heavy (non-hydrogen) atoms. The Hall–Kier alpha value is -0.920. The minimum atomic E-state index is 0.203. The van der Waals surface area contributed by atoms with Gasteiger partial charge in [-0.05, 0) is 85.5 Å². The average Bonchev–Trinajstić information content (AvgIpc) is 2.80. The van der Waals surface area contributed by atoms with Gasteiger partial charge in [0.05, 0.1) is 0 Å². The first kappa shape index (κ1) is 17.5. The summed E-state index contributed by atoms with van der Waals surface area (Å²) in [4.78, 5) is 24.5. The maximum Gasteiger partial charge on any atom is 0.155 e. The number of hydrogen-bond acceptors (Lipinski definition) is 2. The normalized spacial score (nSPS) is 52.0. The van der Waals surface area contributed by atoms with Crippen molar-refractivity contribution in [3.05, 3.63) is 11.6 Å². The smallest absolute Gasteiger partial charge is 0.155 e. The van der Waals surface area contributed by atoms with Gasteiger partial charge in [0.2, 0.25) is 0 Å². The van der Waals surface area contributed by atoms with E-state index in [4.69, 9.17) is 0 Å². The van der Waals surface area contributed by atoms with E-state index in [0.29, 0.717) is 35.2 Å². The molecule has 0 N–H and O–H groups in total. The number of fused-ring (bicyclic) bond motifs is 5. The van der Waals surface area contributed by atoms with Crippen molar-refractivity contribution in [3.8, 4) is 0 Å². The van der Waals surface area contributed by atoms with Crippen LogP contribution in [0, 0.1) is 46.3 Å². The Balaban J connectivity index is 1.73. The molecule has 0 amide bonds. The third-order valence-corrected chi connectivity index (χ3v) is 9.06. The Morgan fingerprint density at radius 2 is 1.84 bits per heavy atom. The molecule has 4 rings (SSSR count). The predicted octanol–water partition coefficient (Wildman–Crippen LogP) is 5.22. The van der Waals surface area contributed by atoms with Gasteiger partial charge in [0.1, 0.15) is 5.78 Å². The largest absolute Gasteiger partial charge is 0.300 e. The standard InChI is InChI=1S/C23H34O2/c1-13-10-17-18(22(4)8-6-16(25)12-19(13)22)7-9-23(5)20(17)11-14(2)21(23)15(3)24/h12-14,17-18,20-21H,6-11H2,1-5H3/t13?,14?,17-,18+,20+,21-,22-,23+/m1/s1. The van der Waals surface area contributed by atoms with Gasteiger partial charge in [0.15, 0.2) is 5.78 Å². The fourth-order valence-electron chi connectivity index (χ4n) is 8.21. The van der Waals surface area contributed by atoms with Crippen LogP contribution in [0.5, 0.6) is 0 Å². The van der Waals surface area contributed by atoms with Gasteiger partial charge in [-0.2, -0.15) is 0 Å². The second-order valence-corrected chi connectivity index (χ2v) is 10.3. The monoisotopic (exact) mass is 342 g/mol. The number of Topliss-reactive ketones (excluding diaryl/α,β-unsaturated/α-hetero) is 1. The van der Waals surface area contributed by atoms with Gasteiger partial charge in [0, 0.05) is 12.3 Å². The zero-order valence-electron chi connectivity index (χ0n) is 16.6. The predicted molar refractivity (Wildman–Crippen MR) is 100.0 cm³/mol. The third-order valence-electron chi connectivity index (χ3n) is 9.06. The molecule has 2 nitrogen and oxygen atoms in total. The second-order valence-electron chi connectivity index (χ2n) is 10.3. The molecule has 0 bridgehead atoms. The SMILES string of the molecule is CC(=O)[C@H]1C(C)C[C@H]2[C@@H]3CC(C)C4=CC(=O)CC[C@]4(C)[C@H]3CC[C@]12C. The number of carbonyl (C=O) groups is 2. The molecular formula is C23H34O2. The number of carbonyl (C=O) groups excluding carboxylic acids is 2. The van der Waals surface area contributed by atoms with Crippen LogP contribution in [0.15, 0.2) is 11.6 Å². The molecule has 0 radical (unpaired) electrons. The summed E-state index contributed by atoms with van der Waals surface area (Å²) in [5.74, 6) is 4.18. The van der Waals surface area contributed by atoms with E-state index >= 15 is 0 Å². The highest BCUT2D eigenvalue weighted by atomic mass is 16.1. The Bertz CT molecular complexity index is 646. The fraction of sp³-hybridized carbons (Fsp3) is 0.826. The molecule has 138 valence electrons. The van der Waals surface area contributed by atoms with E-state index in [1.54, 1.807) is 0 Å². The van der Waals surface area contributed by atoms with Gasteiger partial charge in [-0.15, -0.1) is 0 Å². The molecule has 2 unspecified atom stereocenters. The van der Waals surface area contributed by atoms with E-state index in [9.17, 15) is 9.59 Å². The highest BCUT2D eigenvalue weighted by Gasteiger charge is 2.62. The van der Waals surface area contributed by atoms with E-state index in [1.807, 2.05) is 13.0 Å². The summed E-state index contributed by atoms with van der Waals surface area (Å²) in [6.45, 7) is 11.3. The van der Waals surface area contributed by atoms with E-state index in [2.05, 4.69) is 27.7 Å². The maximum atomic E-state index is 12.4. The Morgan fingerprint density at radius 3 is 2.52 bits per heavy atom. The highest BCUT2D eigenvalue weighted by molar-refractivity contribution is 5.91. The quantitative estimate of drug-likeness (QED) is 0.655. The molecule has 8 atom stereocenters. The summed E-state index contributed by atoms with van der Waals surface area (Å²) in [5, 5.41) is 0. The van der Waals surface area contributed by atoms with Gasteiger partial charge in [-0.1, -0.05) is 33.3 Å². The first-order chi connectivity index (χ1) is 11.7. The molecule has 0 saturated heterocycles. The number of allylic oxidation sites excluding steroid dienone is 1. The van der Waals surface area contributed by atoms with Crippen molar-refractivity contribution in [2.24, 2.45) is 46.3 Å². The summed E-state index contributed by atoms with van der Waals surface area (Å²) in [5.41, 5.74) is 1.87. The van der Waals surface area contributed by atoms with Gasteiger partial charge in [-0.3, -0.25) is 9.59 Å². The van der Waals surface area contributed by atoms with E-state index in [1.165, 1.54) is 31.3 Å². The lowest BCUT2D eigenvalue weighted by atomic mass is 9.45. The van der Waals surface area contributed by atoms with Crippen LogP contribution < -0.4 is 0 Å². The molecule has 0 spiro atoms. The molecule has 3 saturated carbocycles. The first-order valence-corrected chi connectivity index (χ1v) is 10.4. The van der Waals surface area contributed by atoms with Crippen LogP contribution in [0.4, 0.5) is 0 Å². The number of rotatable bonds is 1. The van der Waals surface area contributed by atoms with Crippen LogP contribution in [-0.2, 0) is 9.59 Å². The van der Waals surface area contributed by atoms with E-state index in [0.717, 1.165) is 18.8 Å². The molecule has 3 fully saturated rings. The maximum absolute atomic E-state index is 12.4. The fourth-order valence-corrected chi connectivity index (χ4v) is 8.21. The van der Waals surface area contributed by atoms with Crippen molar-refractivity contribution in [2.45, 2.75) is 73.1 Å². The van der Waals surface area contributed by atoms with Crippen LogP contribution >= 0.6 is 0 Å². The van der Waals surface area contributed by atoms with E-state index < -0.39 is 0 Å². The van der Waals surface area contributed by atoms with Crippen molar-refractivity contribution in [1.29, 1.82) is 0 Å². The highest BCUT2D eigenvalue weighted by Crippen LogP contribution is 2.68. The van der Waals surface area contributed by atoms with Crippen molar-refractivity contribution < 1.29 is 9.59 Å². The zero-order chi connectivity index (χ0) is 18.1. The molecule has 0 aliphatic heterocycles. The number of ketones is 2. The second kappa shape index (κ2) is 5.54. The average molecular weight is 343 g/mol. The molecule has 2 heteroatoms. The third kappa shape index (κ3) is 2.28. The summed E-state index contributed by atoms with van der Waals surface area (Å²) in [6, 6.07) is 0. The van der Waals surface area contributed by atoms with Crippen molar-refractivity contribution in [3.63, 3.8) is 0 Å². The topological polar surface area (TPSA) is 34.1 Å². The Morgan fingerprint density at radius 1 is 1.12 bits per heavy atom. The molecule has 0 aromatic carbocycles. The van der Waals surface area contributed by atoms with Crippen LogP contribution in [-0.4, -0.2) is 11.6 Å². The molecule has 0 heterocycles. The van der Waals surface area contributed by atoms with Crippen molar-refractivity contribution >= 4 is 11.6 Å². The van der Waals surface area contributed by atoms with Crippen LogP contribution in [0.2, 0.25) is 0 Å². The minimum absolute atomic E-state index is 0.203.